The van der Waals surface area contributed by atoms with Crippen molar-refractivity contribution in [3.05, 3.63) is 72.3 Å². The predicted octanol–water partition coefficient (Wildman–Crippen LogP) is 4.70. The van der Waals surface area contributed by atoms with Crippen LogP contribution in [0, 0.1) is 0 Å². The van der Waals surface area contributed by atoms with Crippen LogP contribution >= 0.6 is 11.8 Å². The Hall–Kier alpha value is -3.16. The van der Waals surface area contributed by atoms with Crippen LogP contribution in [0.3, 0.4) is 0 Å². The van der Waals surface area contributed by atoms with Crippen LogP contribution in [0.1, 0.15) is 10.4 Å². The van der Waals surface area contributed by atoms with Gasteiger partial charge in [-0.3, -0.25) is 4.79 Å². The van der Waals surface area contributed by atoms with E-state index in [4.69, 9.17) is 14.2 Å². The van der Waals surface area contributed by atoms with Gasteiger partial charge in [-0.15, -0.1) is 0 Å². The van der Waals surface area contributed by atoms with Gasteiger partial charge in [-0.2, -0.15) is 0 Å². The number of ether oxygens (including phenoxy) is 3. The third-order valence-electron chi connectivity index (χ3n) is 5.37. The standard InChI is InChI=1S/C25H24N2O4S/c28-25(18-6-8-19(9-7-18)27-10-12-29-13-11-27)26-21-16-22-23(31-15-14-30-22)17-24(21)32-20-4-2-1-3-5-20/h1-9,16-17H,10-15H2,(H,26,28). The average Bonchev–Trinajstić information content (AvgIpc) is 2.85. The summed E-state index contributed by atoms with van der Waals surface area (Å²) in [6.45, 7) is 4.20. The number of nitrogens with zero attached hydrogens (tertiary/aromatic N) is 1. The Bertz CT molecular complexity index is 1080. The minimum atomic E-state index is -0.162. The summed E-state index contributed by atoms with van der Waals surface area (Å²) in [6, 6.07) is 21.5. The Morgan fingerprint density at radius 1 is 0.844 bits per heavy atom. The second kappa shape index (κ2) is 9.54. The third-order valence-corrected chi connectivity index (χ3v) is 6.43. The van der Waals surface area contributed by atoms with Gasteiger partial charge < -0.3 is 24.4 Å². The fourth-order valence-electron chi connectivity index (χ4n) is 3.71. The zero-order valence-corrected chi connectivity index (χ0v) is 18.4. The highest BCUT2D eigenvalue weighted by molar-refractivity contribution is 7.99. The van der Waals surface area contributed by atoms with E-state index in [-0.39, 0.29) is 5.91 Å². The van der Waals surface area contributed by atoms with E-state index >= 15 is 0 Å². The first-order valence-corrected chi connectivity index (χ1v) is 11.5. The van der Waals surface area contributed by atoms with E-state index in [9.17, 15) is 4.79 Å². The molecular weight excluding hydrogens is 424 g/mol. The van der Waals surface area contributed by atoms with Crippen LogP contribution in [0.5, 0.6) is 11.5 Å². The summed E-state index contributed by atoms with van der Waals surface area (Å²) in [4.78, 5) is 17.3. The number of anilines is 2. The van der Waals surface area contributed by atoms with Gasteiger partial charge in [0.25, 0.3) is 5.91 Å². The second-order valence-corrected chi connectivity index (χ2v) is 8.62. The molecule has 7 heteroatoms. The van der Waals surface area contributed by atoms with Crippen LogP contribution in [-0.2, 0) is 4.74 Å². The highest BCUT2D eigenvalue weighted by atomic mass is 32.2. The molecule has 0 spiro atoms. The lowest BCUT2D eigenvalue weighted by molar-refractivity contribution is 0.102. The lowest BCUT2D eigenvalue weighted by Gasteiger charge is -2.28. The number of nitrogens with one attached hydrogen (secondary N) is 1. The Morgan fingerprint density at radius 3 is 2.25 bits per heavy atom. The summed E-state index contributed by atoms with van der Waals surface area (Å²) in [5.41, 5.74) is 2.41. The van der Waals surface area contributed by atoms with E-state index in [1.165, 1.54) is 0 Å². The molecule has 0 aromatic heterocycles. The van der Waals surface area contributed by atoms with Crippen molar-refractivity contribution >= 4 is 29.0 Å². The van der Waals surface area contributed by atoms with Gasteiger partial charge in [0.2, 0.25) is 0 Å². The van der Waals surface area contributed by atoms with Crippen molar-refractivity contribution in [3.8, 4) is 11.5 Å². The molecule has 3 aromatic carbocycles. The SMILES string of the molecule is O=C(Nc1cc2c(cc1Sc1ccccc1)OCCO2)c1ccc(N2CCOCC2)cc1. The molecule has 2 aliphatic rings. The molecule has 1 amide bonds. The highest BCUT2D eigenvalue weighted by Crippen LogP contribution is 2.42. The molecule has 5 rings (SSSR count). The average molecular weight is 449 g/mol. The Morgan fingerprint density at radius 2 is 1.53 bits per heavy atom. The van der Waals surface area contributed by atoms with E-state index in [0.29, 0.717) is 36.0 Å². The second-order valence-electron chi connectivity index (χ2n) is 7.51. The van der Waals surface area contributed by atoms with Gasteiger partial charge >= 0.3 is 0 Å². The summed E-state index contributed by atoms with van der Waals surface area (Å²) in [5, 5.41) is 3.07. The quantitative estimate of drug-likeness (QED) is 0.611. The van der Waals surface area contributed by atoms with E-state index < -0.39 is 0 Å². The molecule has 0 atom stereocenters. The Labute approximate surface area is 191 Å². The fourth-order valence-corrected chi connectivity index (χ4v) is 4.64. The largest absolute Gasteiger partial charge is 0.486 e. The summed E-state index contributed by atoms with van der Waals surface area (Å²) < 4.78 is 16.9. The lowest BCUT2D eigenvalue weighted by atomic mass is 10.1. The van der Waals surface area contributed by atoms with Gasteiger partial charge in [-0.1, -0.05) is 30.0 Å². The molecule has 6 nitrogen and oxygen atoms in total. The maximum Gasteiger partial charge on any atom is 0.255 e. The molecule has 32 heavy (non-hydrogen) atoms. The van der Waals surface area contributed by atoms with Gasteiger partial charge in [-0.25, -0.2) is 0 Å². The zero-order chi connectivity index (χ0) is 21.8. The minimum absolute atomic E-state index is 0.162. The van der Waals surface area contributed by atoms with Gasteiger partial charge in [0.05, 0.1) is 18.9 Å². The van der Waals surface area contributed by atoms with Gasteiger partial charge in [-0.05, 0) is 36.4 Å². The molecule has 2 heterocycles. The molecule has 1 fully saturated rings. The van der Waals surface area contributed by atoms with Crippen molar-refractivity contribution < 1.29 is 19.0 Å². The fraction of sp³-hybridized carbons (Fsp3) is 0.240. The Balaban J connectivity index is 1.38. The van der Waals surface area contributed by atoms with Crippen LogP contribution in [-0.4, -0.2) is 45.4 Å². The topological polar surface area (TPSA) is 60.0 Å². The van der Waals surface area contributed by atoms with Crippen molar-refractivity contribution in [2.45, 2.75) is 9.79 Å². The van der Waals surface area contributed by atoms with Crippen LogP contribution in [0.15, 0.2) is 76.5 Å². The zero-order valence-electron chi connectivity index (χ0n) is 17.6. The van der Waals surface area contributed by atoms with Crippen molar-refractivity contribution in [1.29, 1.82) is 0 Å². The van der Waals surface area contributed by atoms with Crippen LogP contribution in [0.25, 0.3) is 0 Å². The summed E-state index contributed by atoms with van der Waals surface area (Å²) in [7, 11) is 0. The number of fused-ring (bicyclic) bond motifs is 1. The van der Waals surface area contributed by atoms with Crippen molar-refractivity contribution in [1.82, 2.24) is 0 Å². The van der Waals surface area contributed by atoms with E-state index in [2.05, 4.69) is 10.2 Å². The van der Waals surface area contributed by atoms with Crippen LogP contribution in [0.2, 0.25) is 0 Å². The molecule has 2 aliphatic heterocycles. The molecule has 0 radical (unpaired) electrons. The van der Waals surface area contributed by atoms with Crippen molar-refractivity contribution in [2.75, 3.05) is 49.7 Å². The molecule has 1 saturated heterocycles. The first kappa shape index (κ1) is 20.7. The van der Waals surface area contributed by atoms with Gasteiger partial charge in [0.15, 0.2) is 11.5 Å². The molecular formula is C25H24N2O4S. The molecule has 0 aliphatic carbocycles. The smallest absolute Gasteiger partial charge is 0.255 e. The number of hydrogen-bond acceptors (Lipinski definition) is 6. The number of morpholine rings is 1. The molecule has 164 valence electrons. The number of benzene rings is 3. The van der Waals surface area contributed by atoms with E-state index in [1.54, 1.807) is 11.8 Å². The Kier molecular flexibility index (Phi) is 6.18. The third kappa shape index (κ3) is 4.69. The molecule has 1 N–H and O–H groups in total. The molecule has 0 unspecified atom stereocenters. The number of rotatable bonds is 5. The molecule has 3 aromatic rings. The van der Waals surface area contributed by atoms with Crippen LogP contribution in [0.4, 0.5) is 11.4 Å². The van der Waals surface area contributed by atoms with Crippen LogP contribution < -0.4 is 19.7 Å². The number of amides is 1. The lowest BCUT2D eigenvalue weighted by Crippen LogP contribution is -2.36. The van der Waals surface area contributed by atoms with Gasteiger partial charge in [0, 0.05) is 46.3 Å². The summed E-state index contributed by atoms with van der Waals surface area (Å²) in [6.07, 6.45) is 0. The first-order valence-electron chi connectivity index (χ1n) is 10.7. The van der Waals surface area contributed by atoms with Crippen molar-refractivity contribution in [2.24, 2.45) is 0 Å². The van der Waals surface area contributed by atoms with Gasteiger partial charge in [0.1, 0.15) is 13.2 Å². The maximum atomic E-state index is 13.0. The predicted molar refractivity (Wildman–Crippen MR) is 125 cm³/mol. The summed E-state index contributed by atoms with van der Waals surface area (Å²) >= 11 is 1.58. The van der Waals surface area contributed by atoms with Crippen molar-refractivity contribution in [3.63, 3.8) is 0 Å². The monoisotopic (exact) mass is 448 g/mol. The molecule has 0 saturated carbocycles. The number of hydrogen-bond donors (Lipinski definition) is 1. The number of carbonyl (C=O) groups is 1. The summed E-state index contributed by atoms with van der Waals surface area (Å²) in [5.74, 6) is 1.18. The number of carbonyl (C=O) groups excluding carboxylic acids is 1. The first-order chi connectivity index (χ1) is 15.8. The maximum absolute atomic E-state index is 13.0. The minimum Gasteiger partial charge on any atom is -0.486 e. The normalized spacial score (nSPS) is 15.3. The highest BCUT2D eigenvalue weighted by Gasteiger charge is 2.19. The molecule has 0 bridgehead atoms. The van der Waals surface area contributed by atoms with E-state index in [1.807, 2.05) is 66.7 Å². The van der Waals surface area contributed by atoms with E-state index in [0.717, 1.165) is 41.8 Å².